The van der Waals surface area contributed by atoms with Crippen molar-refractivity contribution in [3.8, 4) is 0 Å². The van der Waals surface area contributed by atoms with Gasteiger partial charge in [-0.1, -0.05) is 0 Å². The van der Waals surface area contributed by atoms with Gasteiger partial charge in [0.1, 0.15) is 4.90 Å². The van der Waals surface area contributed by atoms with Crippen molar-refractivity contribution in [2.24, 2.45) is 5.41 Å². The summed E-state index contributed by atoms with van der Waals surface area (Å²) < 4.78 is 64.0. The average molecular weight is 453 g/mol. The van der Waals surface area contributed by atoms with Gasteiger partial charge in [0.25, 0.3) is 0 Å². The van der Waals surface area contributed by atoms with E-state index in [2.05, 4.69) is 16.9 Å². The van der Waals surface area contributed by atoms with E-state index in [1.165, 1.54) is 6.20 Å². The van der Waals surface area contributed by atoms with Gasteiger partial charge in [-0.15, -0.1) is 0 Å². The van der Waals surface area contributed by atoms with Gasteiger partial charge in [-0.25, -0.2) is 13.2 Å². The Hall–Kier alpha value is -1.76. The number of hydrogen-bond donors (Lipinski definition) is 1. The van der Waals surface area contributed by atoms with Crippen LogP contribution in [0.25, 0.3) is 0 Å². The molecule has 3 rings (SSSR count). The number of nitrogens with zero attached hydrogens (tertiary/aromatic N) is 3. The maximum absolute atomic E-state index is 12.7. The number of carboxylic acid groups (broad SMARTS) is 1. The molecule has 30 heavy (non-hydrogen) atoms. The second-order valence-corrected chi connectivity index (χ2v) is 9.56. The molecule has 1 unspecified atom stereocenters. The molecule has 2 saturated heterocycles. The number of sulfonamides is 1. The summed E-state index contributed by atoms with van der Waals surface area (Å²) in [5.41, 5.74) is 0.235. The maximum Gasteiger partial charge on any atom is 0.490 e. The number of likely N-dealkylation sites (tertiary alicyclic amines) is 1. The molecule has 170 valence electrons. The van der Waals surface area contributed by atoms with Crippen LogP contribution in [0.3, 0.4) is 0 Å². The molecule has 8 nitrogen and oxygen atoms in total. The van der Waals surface area contributed by atoms with Crippen LogP contribution >= 0.6 is 0 Å². The van der Waals surface area contributed by atoms with Gasteiger partial charge in [-0.3, -0.25) is 4.98 Å². The van der Waals surface area contributed by atoms with Crippen molar-refractivity contribution in [1.29, 1.82) is 0 Å². The van der Waals surface area contributed by atoms with Crippen LogP contribution in [-0.2, 0) is 19.6 Å². The van der Waals surface area contributed by atoms with Crippen molar-refractivity contribution in [1.82, 2.24) is 14.2 Å². The predicted molar refractivity (Wildman–Crippen MR) is 101 cm³/mol. The van der Waals surface area contributed by atoms with E-state index in [1.807, 2.05) is 0 Å². The Morgan fingerprint density at radius 2 is 1.97 bits per heavy atom. The first-order valence-corrected chi connectivity index (χ1v) is 10.7. The van der Waals surface area contributed by atoms with Crippen LogP contribution in [0.4, 0.5) is 13.2 Å². The number of alkyl halides is 3. The minimum atomic E-state index is -5.08. The Bertz CT molecular complexity index is 812. The van der Waals surface area contributed by atoms with Crippen LogP contribution in [0.1, 0.15) is 19.3 Å². The standard InChI is InChI=1S/C16H25N3O3S.C2HF3O2/c1-18-13-16(10-14(18)12-22-2)5-8-19(9-6-16)23(20,21)15-4-3-7-17-11-15;3-2(4,5)1(6)7/h3-4,7,11,14H,5-6,8-10,12-13H2,1-2H3;(H,6,7). The SMILES string of the molecule is COCC1CC2(CCN(S(=O)(=O)c3cccnc3)CC2)CN1C.O=C(O)C(F)(F)F. The molecule has 2 aliphatic heterocycles. The van der Waals surface area contributed by atoms with Gasteiger partial charge >= 0.3 is 12.1 Å². The minimum absolute atomic E-state index is 0.235. The number of aliphatic carboxylic acids is 1. The molecule has 0 aliphatic carbocycles. The van der Waals surface area contributed by atoms with Crippen LogP contribution in [-0.4, -0.2) is 86.3 Å². The molecule has 2 fully saturated rings. The molecule has 0 aromatic carbocycles. The van der Waals surface area contributed by atoms with Crippen LogP contribution in [0.15, 0.2) is 29.4 Å². The Morgan fingerprint density at radius 1 is 1.37 bits per heavy atom. The highest BCUT2D eigenvalue weighted by molar-refractivity contribution is 7.89. The highest BCUT2D eigenvalue weighted by Gasteiger charge is 2.45. The van der Waals surface area contributed by atoms with E-state index in [0.29, 0.717) is 19.1 Å². The monoisotopic (exact) mass is 453 g/mol. The number of likely N-dealkylation sites (N-methyl/N-ethyl adjacent to an activating group) is 1. The molecule has 3 heterocycles. The van der Waals surface area contributed by atoms with E-state index in [0.717, 1.165) is 32.4 Å². The average Bonchev–Trinajstić information content (AvgIpc) is 2.97. The first-order chi connectivity index (χ1) is 13.9. The summed E-state index contributed by atoms with van der Waals surface area (Å²) in [5.74, 6) is -2.76. The van der Waals surface area contributed by atoms with E-state index in [4.69, 9.17) is 14.6 Å². The number of piperidine rings is 1. The van der Waals surface area contributed by atoms with E-state index in [-0.39, 0.29) is 10.3 Å². The minimum Gasteiger partial charge on any atom is -0.475 e. The van der Waals surface area contributed by atoms with Crippen LogP contribution in [0.2, 0.25) is 0 Å². The molecule has 1 spiro atoms. The third kappa shape index (κ3) is 5.90. The molecule has 0 radical (unpaired) electrons. The first kappa shape index (κ1) is 24.5. The fourth-order valence-electron chi connectivity index (χ4n) is 3.97. The summed E-state index contributed by atoms with van der Waals surface area (Å²) in [6.07, 6.45) is 0.860. The highest BCUT2D eigenvalue weighted by Crippen LogP contribution is 2.43. The molecule has 0 bridgehead atoms. The summed E-state index contributed by atoms with van der Waals surface area (Å²) in [6.45, 7) is 2.95. The Morgan fingerprint density at radius 3 is 2.43 bits per heavy atom. The van der Waals surface area contributed by atoms with Crippen LogP contribution in [0.5, 0.6) is 0 Å². The lowest BCUT2D eigenvalue weighted by molar-refractivity contribution is -0.192. The van der Waals surface area contributed by atoms with E-state index >= 15 is 0 Å². The summed E-state index contributed by atoms with van der Waals surface area (Å²) in [5, 5.41) is 7.12. The summed E-state index contributed by atoms with van der Waals surface area (Å²) in [6, 6.07) is 3.73. The Kier molecular flexibility index (Phi) is 7.83. The molecule has 1 atom stereocenters. The van der Waals surface area contributed by atoms with Gasteiger partial charge in [0.05, 0.1) is 6.61 Å². The van der Waals surface area contributed by atoms with Crippen molar-refractivity contribution in [3.05, 3.63) is 24.5 Å². The lowest BCUT2D eigenvalue weighted by Crippen LogP contribution is -2.44. The fourth-order valence-corrected chi connectivity index (χ4v) is 5.37. The number of pyridine rings is 1. The Labute approximate surface area is 173 Å². The molecule has 2 aliphatic rings. The number of halogens is 3. The second-order valence-electron chi connectivity index (χ2n) is 7.62. The van der Waals surface area contributed by atoms with Crippen molar-refractivity contribution in [2.75, 3.05) is 40.4 Å². The zero-order valence-corrected chi connectivity index (χ0v) is 17.6. The second kappa shape index (κ2) is 9.58. The molecular formula is C18H26F3N3O5S. The predicted octanol–water partition coefficient (Wildman–Crippen LogP) is 1.84. The van der Waals surface area contributed by atoms with E-state index in [9.17, 15) is 21.6 Å². The van der Waals surface area contributed by atoms with Gasteiger partial charge in [0, 0.05) is 45.2 Å². The number of carboxylic acids is 1. The number of carbonyl (C=O) groups is 1. The largest absolute Gasteiger partial charge is 0.490 e. The molecule has 12 heteroatoms. The zero-order valence-electron chi connectivity index (χ0n) is 16.8. The van der Waals surface area contributed by atoms with Crippen molar-refractivity contribution in [3.63, 3.8) is 0 Å². The fraction of sp³-hybridized carbons (Fsp3) is 0.667. The topological polar surface area (TPSA) is 100 Å². The van der Waals surface area contributed by atoms with E-state index < -0.39 is 22.2 Å². The maximum atomic E-state index is 12.7. The molecule has 0 saturated carbocycles. The van der Waals surface area contributed by atoms with Gasteiger partial charge in [0.2, 0.25) is 10.0 Å². The molecule has 0 amide bonds. The molecule has 1 N–H and O–H groups in total. The molecule has 1 aromatic rings. The molecule has 1 aromatic heterocycles. The summed E-state index contributed by atoms with van der Waals surface area (Å²) in [4.78, 5) is 15.5. The highest BCUT2D eigenvalue weighted by atomic mass is 32.2. The number of rotatable bonds is 4. The van der Waals surface area contributed by atoms with Crippen LogP contribution < -0.4 is 0 Å². The van der Waals surface area contributed by atoms with Crippen molar-refractivity contribution >= 4 is 16.0 Å². The van der Waals surface area contributed by atoms with Crippen molar-refractivity contribution < 1.29 is 36.2 Å². The normalized spacial score (nSPS) is 22.5. The number of hydrogen-bond acceptors (Lipinski definition) is 6. The third-order valence-corrected chi connectivity index (χ3v) is 7.42. The summed E-state index contributed by atoms with van der Waals surface area (Å²) in [7, 11) is 0.461. The number of methoxy groups -OCH3 is 1. The van der Waals surface area contributed by atoms with Crippen LogP contribution in [0, 0.1) is 5.41 Å². The smallest absolute Gasteiger partial charge is 0.475 e. The summed E-state index contributed by atoms with van der Waals surface area (Å²) >= 11 is 0. The van der Waals surface area contributed by atoms with Gasteiger partial charge in [-0.05, 0) is 43.9 Å². The zero-order chi connectivity index (χ0) is 22.6. The van der Waals surface area contributed by atoms with Gasteiger partial charge in [-0.2, -0.15) is 17.5 Å². The molecular weight excluding hydrogens is 427 g/mol. The van der Waals surface area contributed by atoms with E-state index in [1.54, 1.807) is 29.7 Å². The lowest BCUT2D eigenvalue weighted by atomic mass is 9.77. The van der Waals surface area contributed by atoms with Crippen molar-refractivity contribution in [2.45, 2.75) is 36.4 Å². The Balaban J connectivity index is 0.000000396. The lowest BCUT2D eigenvalue weighted by Gasteiger charge is -2.38. The van der Waals surface area contributed by atoms with Gasteiger partial charge < -0.3 is 14.7 Å². The number of ether oxygens (including phenoxy) is 1. The third-order valence-electron chi connectivity index (χ3n) is 5.53. The quantitative estimate of drug-likeness (QED) is 0.743. The van der Waals surface area contributed by atoms with Gasteiger partial charge in [0.15, 0.2) is 0 Å². The number of aromatic nitrogens is 1. The first-order valence-electron chi connectivity index (χ1n) is 9.31.